The van der Waals surface area contributed by atoms with Gasteiger partial charge >= 0.3 is 0 Å². The molecule has 4 aromatic rings. The summed E-state index contributed by atoms with van der Waals surface area (Å²) in [4.78, 5) is 19.2. The van der Waals surface area contributed by atoms with E-state index in [0.29, 0.717) is 57.2 Å². The van der Waals surface area contributed by atoms with E-state index in [2.05, 4.69) is 57.6 Å². The number of hydrogen-bond donors (Lipinski definition) is 2. The zero-order valence-corrected chi connectivity index (χ0v) is 24.5. The first kappa shape index (κ1) is 29.9. The van der Waals surface area contributed by atoms with Crippen molar-refractivity contribution < 1.29 is 9.47 Å². The number of rotatable bonds is 14. The first-order chi connectivity index (χ1) is 20.7. The summed E-state index contributed by atoms with van der Waals surface area (Å²) in [6, 6.07) is 29.0. The molecule has 9 nitrogen and oxygen atoms in total. The van der Waals surface area contributed by atoms with Crippen LogP contribution in [0.2, 0.25) is 5.02 Å². The summed E-state index contributed by atoms with van der Waals surface area (Å²) in [5.41, 5.74) is 8.88. The van der Waals surface area contributed by atoms with E-state index in [1.54, 1.807) is 0 Å². The molecule has 0 saturated carbocycles. The predicted octanol–water partition coefficient (Wildman–Crippen LogP) is 4.51. The molecule has 1 aliphatic heterocycles. The molecular weight excluding hydrogens is 550 g/mol. The van der Waals surface area contributed by atoms with Crippen molar-refractivity contribution >= 4 is 23.5 Å². The van der Waals surface area contributed by atoms with Gasteiger partial charge in [0.05, 0.1) is 32.5 Å². The number of nitrogens with zero attached hydrogens (tertiary/aromatic N) is 5. The number of hydrogen-bond acceptors (Lipinski definition) is 9. The highest BCUT2D eigenvalue weighted by Crippen LogP contribution is 2.31. The predicted molar refractivity (Wildman–Crippen MR) is 168 cm³/mol. The fourth-order valence-corrected chi connectivity index (χ4v) is 5.14. The van der Waals surface area contributed by atoms with Gasteiger partial charge in [-0.2, -0.15) is 15.0 Å². The van der Waals surface area contributed by atoms with Crippen LogP contribution in [0.5, 0.6) is 0 Å². The molecule has 1 fully saturated rings. The van der Waals surface area contributed by atoms with E-state index in [4.69, 9.17) is 41.8 Å². The number of nitrogens with two attached hydrogens (primary N) is 1. The van der Waals surface area contributed by atoms with Crippen LogP contribution in [0.15, 0.2) is 84.9 Å². The summed E-state index contributed by atoms with van der Waals surface area (Å²) in [5, 5.41) is 4.06. The fraction of sp³-hybridized carbons (Fsp3) is 0.344. The quantitative estimate of drug-likeness (QED) is 0.206. The van der Waals surface area contributed by atoms with Gasteiger partial charge in [0.25, 0.3) is 0 Å². The van der Waals surface area contributed by atoms with Gasteiger partial charge in [0, 0.05) is 49.9 Å². The summed E-state index contributed by atoms with van der Waals surface area (Å²) in [6.45, 7) is 6.48. The summed E-state index contributed by atoms with van der Waals surface area (Å²) in [7, 11) is 0. The van der Waals surface area contributed by atoms with Crippen LogP contribution in [0.25, 0.3) is 11.4 Å². The third-order valence-electron chi connectivity index (χ3n) is 7.08. The second kappa shape index (κ2) is 15.6. The molecule has 0 spiro atoms. The van der Waals surface area contributed by atoms with Crippen molar-refractivity contribution in [1.29, 1.82) is 0 Å². The standard InChI is InChI=1S/C32H38ClN7O2/c33-28-13-11-26(12-14-28)29(25-7-3-1-4-8-25)39-17-19-40(20-18-39)32-37-30(27-9-5-2-6-10-27)36-31(38-32)35-16-22-42-24-23-41-21-15-34/h1-14,29H,15-24,34H2,(H,35,36,37,38). The monoisotopic (exact) mass is 587 g/mol. The smallest absolute Gasteiger partial charge is 0.230 e. The molecule has 1 atom stereocenters. The van der Waals surface area contributed by atoms with Crippen LogP contribution in [-0.2, 0) is 9.47 Å². The minimum absolute atomic E-state index is 0.141. The maximum atomic E-state index is 6.22. The number of halogens is 1. The van der Waals surface area contributed by atoms with Gasteiger partial charge in [-0.3, -0.25) is 4.90 Å². The molecule has 1 unspecified atom stereocenters. The Kier molecular flexibility index (Phi) is 11.1. The maximum absolute atomic E-state index is 6.22. The second-order valence-corrected chi connectivity index (χ2v) is 10.4. The topological polar surface area (TPSA) is 102 Å². The highest BCUT2D eigenvalue weighted by molar-refractivity contribution is 6.30. The van der Waals surface area contributed by atoms with Crippen LogP contribution >= 0.6 is 11.6 Å². The Hall–Kier alpha value is -3.60. The molecule has 220 valence electrons. The molecule has 3 N–H and O–H groups in total. The average Bonchev–Trinajstić information content (AvgIpc) is 3.04. The van der Waals surface area contributed by atoms with Crippen LogP contribution in [-0.4, -0.2) is 85.5 Å². The van der Waals surface area contributed by atoms with E-state index in [1.165, 1.54) is 11.1 Å². The summed E-state index contributed by atoms with van der Waals surface area (Å²) in [5.74, 6) is 1.85. The summed E-state index contributed by atoms with van der Waals surface area (Å²) < 4.78 is 11.0. The van der Waals surface area contributed by atoms with Crippen LogP contribution in [0.3, 0.4) is 0 Å². The number of benzene rings is 3. The maximum Gasteiger partial charge on any atom is 0.230 e. The highest BCUT2D eigenvalue weighted by Gasteiger charge is 2.28. The van der Waals surface area contributed by atoms with Crippen LogP contribution in [0.4, 0.5) is 11.9 Å². The Bertz CT molecular complexity index is 1350. The van der Waals surface area contributed by atoms with Crippen LogP contribution in [0, 0.1) is 0 Å². The zero-order chi connectivity index (χ0) is 29.0. The molecule has 3 aromatic carbocycles. The van der Waals surface area contributed by atoms with Crippen molar-refractivity contribution in [2.75, 3.05) is 75.9 Å². The molecule has 0 amide bonds. The van der Waals surface area contributed by atoms with E-state index in [1.807, 2.05) is 42.5 Å². The van der Waals surface area contributed by atoms with Gasteiger partial charge in [0.2, 0.25) is 11.9 Å². The lowest BCUT2D eigenvalue weighted by Crippen LogP contribution is -2.48. The van der Waals surface area contributed by atoms with Crippen LogP contribution < -0.4 is 16.0 Å². The average molecular weight is 588 g/mol. The van der Waals surface area contributed by atoms with Gasteiger partial charge < -0.3 is 25.4 Å². The number of piperazine rings is 1. The zero-order valence-electron chi connectivity index (χ0n) is 23.7. The van der Waals surface area contributed by atoms with Gasteiger partial charge in [0.1, 0.15) is 0 Å². The number of anilines is 2. The Morgan fingerprint density at radius 2 is 1.38 bits per heavy atom. The Morgan fingerprint density at radius 1 is 0.738 bits per heavy atom. The minimum Gasteiger partial charge on any atom is -0.378 e. The van der Waals surface area contributed by atoms with E-state index < -0.39 is 0 Å². The van der Waals surface area contributed by atoms with E-state index in [-0.39, 0.29) is 6.04 Å². The SMILES string of the molecule is NCCOCCOCCNc1nc(-c2ccccc2)nc(N2CCN(C(c3ccccc3)c3ccc(Cl)cc3)CC2)n1. The molecular formula is C32H38ClN7O2. The Balaban J connectivity index is 1.28. The highest BCUT2D eigenvalue weighted by atomic mass is 35.5. The van der Waals surface area contributed by atoms with Crippen molar-refractivity contribution in [3.63, 3.8) is 0 Å². The van der Waals surface area contributed by atoms with Crippen molar-refractivity contribution in [3.05, 3.63) is 101 Å². The third-order valence-corrected chi connectivity index (χ3v) is 7.33. The lowest BCUT2D eigenvalue weighted by atomic mass is 9.96. The van der Waals surface area contributed by atoms with Crippen LogP contribution in [0.1, 0.15) is 17.2 Å². The summed E-state index contributed by atoms with van der Waals surface area (Å²) in [6.07, 6.45) is 0. The third kappa shape index (κ3) is 8.24. The molecule has 0 bridgehead atoms. The lowest BCUT2D eigenvalue weighted by Gasteiger charge is -2.39. The molecule has 42 heavy (non-hydrogen) atoms. The molecule has 1 saturated heterocycles. The van der Waals surface area contributed by atoms with Gasteiger partial charge in [-0.05, 0) is 23.3 Å². The van der Waals surface area contributed by atoms with E-state index in [0.717, 1.165) is 36.8 Å². The molecule has 1 aromatic heterocycles. The van der Waals surface area contributed by atoms with Crippen molar-refractivity contribution in [3.8, 4) is 11.4 Å². The van der Waals surface area contributed by atoms with E-state index in [9.17, 15) is 0 Å². The van der Waals surface area contributed by atoms with Crippen molar-refractivity contribution in [2.24, 2.45) is 5.73 Å². The second-order valence-electron chi connectivity index (χ2n) is 9.98. The first-order valence-corrected chi connectivity index (χ1v) is 14.8. The Labute approximate surface area is 252 Å². The first-order valence-electron chi connectivity index (χ1n) is 14.4. The molecule has 0 radical (unpaired) electrons. The number of ether oxygens (including phenoxy) is 2. The minimum atomic E-state index is 0.141. The Morgan fingerprint density at radius 3 is 2.07 bits per heavy atom. The van der Waals surface area contributed by atoms with Gasteiger partial charge in [0.15, 0.2) is 5.82 Å². The number of nitrogens with one attached hydrogen (secondary N) is 1. The lowest BCUT2D eigenvalue weighted by molar-refractivity contribution is 0.0547. The van der Waals surface area contributed by atoms with Gasteiger partial charge in [-0.25, -0.2) is 0 Å². The molecule has 5 rings (SSSR count). The molecule has 0 aliphatic carbocycles. The normalized spacial score (nSPS) is 14.6. The molecule has 2 heterocycles. The fourth-order valence-electron chi connectivity index (χ4n) is 5.02. The van der Waals surface area contributed by atoms with Crippen molar-refractivity contribution in [2.45, 2.75) is 6.04 Å². The number of aromatic nitrogens is 3. The van der Waals surface area contributed by atoms with Gasteiger partial charge in [-0.1, -0.05) is 84.4 Å². The van der Waals surface area contributed by atoms with Gasteiger partial charge in [-0.15, -0.1) is 0 Å². The van der Waals surface area contributed by atoms with E-state index >= 15 is 0 Å². The largest absolute Gasteiger partial charge is 0.378 e. The van der Waals surface area contributed by atoms with Crippen molar-refractivity contribution in [1.82, 2.24) is 19.9 Å². The summed E-state index contributed by atoms with van der Waals surface area (Å²) >= 11 is 6.22. The molecule has 1 aliphatic rings. The molecule has 10 heteroatoms.